The van der Waals surface area contributed by atoms with Crippen LogP contribution in [0.1, 0.15) is 35.7 Å². The molecule has 2 aliphatic rings. The molecule has 122 valence electrons. The number of nitrogens with zero attached hydrogens (tertiary/aromatic N) is 2. The van der Waals surface area contributed by atoms with Gasteiger partial charge in [-0.05, 0) is 37.0 Å². The van der Waals surface area contributed by atoms with Crippen molar-refractivity contribution >= 4 is 11.3 Å². The van der Waals surface area contributed by atoms with Gasteiger partial charge in [0.05, 0.1) is 18.7 Å². The van der Waals surface area contributed by atoms with E-state index >= 15 is 0 Å². The number of aromatic nitrogens is 1. The summed E-state index contributed by atoms with van der Waals surface area (Å²) in [6, 6.07) is 10.3. The van der Waals surface area contributed by atoms with E-state index in [4.69, 9.17) is 4.74 Å². The van der Waals surface area contributed by atoms with Gasteiger partial charge in [-0.1, -0.05) is 12.1 Å². The Balaban J connectivity index is 1.54. The lowest BCUT2D eigenvalue weighted by atomic mass is 9.99. The molecule has 0 bridgehead atoms. The Labute approximate surface area is 141 Å². The molecule has 2 fully saturated rings. The molecule has 1 aromatic heterocycles. The molecular weight excluding hydrogens is 306 g/mol. The molecule has 2 atom stereocenters. The van der Waals surface area contributed by atoms with E-state index in [-0.39, 0.29) is 0 Å². The van der Waals surface area contributed by atoms with E-state index in [1.165, 1.54) is 36.2 Å². The maximum atomic E-state index is 5.43. The normalized spacial score (nSPS) is 24.9. The van der Waals surface area contributed by atoms with Crippen molar-refractivity contribution in [3.8, 4) is 5.75 Å². The van der Waals surface area contributed by atoms with Crippen LogP contribution >= 0.6 is 11.3 Å². The van der Waals surface area contributed by atoms with Gasteiger partial charge < -0.3 is 10.1 Å². The van der Waals surface area contributed by atoms with Crippen molar-refractivity contribution < 1.29 is 4.74 Å². The third-order valence-electron chi connectivity index (χ3n) is 4.91. The van der Waals surface area contributed by atoms with Gasteiger partial charge in [0.25, 0.3) is 0 Å². The van der Waals surface area contributed by atoms with Crippen LogP contribution in [0.15, 0.2) is 36.0 Å². The molecule has 0 spiro atoms. The highest BCUT2D eigenvalue weighted by Crippen LogP contribution is 2.41. The first-order valence-electron chi connectivity index (χ1n) is 8.35. The second-order valence-electron chi connectivity index (χ2n) is 6.43. The third kappa shape index (κ3) is 3.27. The molecule has 1 saturated heterocycles. The Morgan fingerprint density at radius 2 is 2.26 bits per heavy atom. The summed E-state index contributed by atoms with van der Waals surface area (Å²) in [5.41, 5.74) is 3.28. The molecule has 4 nitrogen and oxygen atoms in total. The minimum Gasteiger partial charge on any atom is -0.497 e. The summed E-state index contributed by atoms with van der Waals surface area (Å²) in [5.74, 6) is 0.950. The van der Waals surface area contributed by atoms with Crippen molar-refractivity contribution in [2.75, 3.05) is 13.7 Å². The Morgan fingerprint density at radius 3 is 3.00 bits per heavy atom. The summed E-state index contributed by atoms with van der Waals surface area (Å²) in [6.45, 7) is 2.10. The lowest BCUT2D eigenvalue weighted by Crippen LogP contribution is -2.36. The van der Waals surface area contributed by atoms with Gasteiger partial charge in [0.15, 0.2) is 0 Å². The zero-order valence-electron chi connectivity index (χ0n) is 13.4. The number of ether oxygens (including phenoxy) is 1. The second-order valence-corrected chi connectivity index (χ2v) is 7.41. The number of benzene rings is 1. The minimum atomic E-state index is 0.450. The van der Waals surface area contributed by atoms with Crippen LogP contribution in [-0.2, 0) is 6.54 Å². The van der Waals surface area contributed by atoms with Crippen LogP contribution in [0.2, 0.25) is 0 Å². The Morgan fingerprint density at radius 1 is 1.35 bits per heavy atom. The van der Waals surface area contributed by atoms with Gasteiger partial charge in [-0.25, -0.2) is 0 Å². The standard InChI is InChI=1S/C18H23N3OS/c1-22-15-4-2-3-13(9-15)18-17(7-8-21(18)14-5-6-14)20-11-16-10-19-12-23-16/h2-4,9-10,12,14,17-18,20H,5-8,11H2,1H3/t17-,18+/m1/s1. The van der Waals surface area contributed by atoms with Crippen molar-refractivity contribution in [1.82, 2.24) is 15.2 Å². The maximum Gasteiger partial charge on any atom is 0.119 e. The van der Waals surface area contributed by atoms with Crippen LogP contribution in [0.4, 0.5) is 0 Å². The Hall–Kier alpha value is -1.43. The number of thiazole rings is 1. The molecule has 0 amide bonds. The van der Waals surface area contributed by atoms with Gasteiger partial charge in [0.1, 0.15) is 5.75 Å². The van der Waals surface area contributed by atoms with E-state index in [9.17, 15) is 0 Å². The van der Waals surface area contributed by atoms with Crippen molar-refractivity contribution in [2.24, 2.45) is 0 Å². The van der Waals surface area contributed by atoms with E-state index in [1.54, 1.807) is 18.4 Å². The van der Waals surface area contributed by atoms with E-state index in [0.717, 1.165) is 18.3 Å². The topological polar surface area (TPSA) is 37.4 Å². The van der Waals surface area contributed by atoms with Crippen molar-refractivity contribution in [1.29, 1.82) is 0 Å². The monoisotopic (exact) mass is 329 g/mol. The number of hydrogen-bond donors (Lipinski definition) is 1. The van der Waals surface area contributed by atoms with E-state index in [1.807, 2.05) is 17.8 Å². The molecule has 1 N–H and O–H groups in total. The first-order valence-corrected chi connectivity index (χ1v) is 9.23. The van der Waals surface area contributed by atoms with Gasteiger partial charge in [-0.15, -0.1) is 11.3 Å². The molecule has 1 aliphatic heterocycles. The number of nitrogens with one attached hydrogen (secondary N) is 1. The maximum absolute atomic E-state index is 5.43. The van der Waals surface area contributed by atoms with Crippen molar-refractivity contribution in [3.63, 3.8) is 0 Å². The number of methoxy groups -OCH3 is 1. The Bertz CT molecular complexity index is 641. The summed E-state index contributed by atoms with van der Waals surface area (Å²) in [6.07, 6.45) is 5.87. The van der Waals surface area contributed by atoms with Gasteiger partial charge in [-0.3, -0.25) is 9.88 Å². The van der Waals surface area contributed by atoms with Gasteiger partial charge in [-0.2, -0.15) is 0 Å². The molecule has 0 unspecified atom stereocenters. The van der Waals surface area contributed by atoms with Gasteiger partial charge >= 0.3 is 0 Å². The van der Waals surface area contributed by atoms with Crippen molar-refractivity contribution in [2.45, 2.75) is 43.9 Å². The highest BCUT2D eigenvalue weighted by Gasteiger charge is 2.42. The van der Waals surface area contributed by atoms with Gasteiger partial charge in [0.2, 0.25) is 0 Å². The van der Waals surface area contributed by atoms with Crippen LogP contribution in [0.25, 0.3) is 0 Å². The molecule has 1 saturated carbocycles. The first-order chi connectivity index (χ1) is 11.3. The van der Waals surface area contributed by atoms with E-state index in [0.29, 0.717) is 12.1 Å². The van der Waals surface area contributed by atoms with E-state index < -0.39 is 0 Å². The fourth-order valence-corrected chi connectivity index (χ4v) is 4.20. The summed E-state index contributed by atoms with van der Waals surface area (Å²) in [5, 5.41) is 3.77. The molecular formula is C18H23N3OS. The molecule has 5 heteroatoms. The molecule has 4 rings (SSSR count). The third-order valence-corrected chi connectivity index (χ3v) is 5.69. The van der Waals surface area contributed by atoms with Crippen LogP contribution in [0, 0.1) is 0 Å². The second kappa shape index (κ2) is 6.59. The minimum absolute atomic E-state index is 0.450. The van der Waals surface area contributed by atoms with Crippen LogP contribution in [0.5, 0.6) is 5.75 Å². The predicted octanol–water partition coefficient (Wildman–Crippen LogP) is 3.22. The summed E-state index contributed by atoms with van der Waals surface area (Å²) in [4.78, 5) is 8.17. The lowest BCUT2D eigenvalue weighted by molar-refractivity contribution is 0.226. The quantitative estimate of drug-likeness (QED) is 0.883. The lowest BCUT2D eigenvalue weighted by Gasteiger charge is -2.29. The molecule has 1 aromatic carbocycles. The fraction of sp³-hybridized carbons (Fsp3) is 0.500. The van der Waals surface area contributed by atoms with Crippen molar-refractivity contribution in [3.05, 3.63) is 46.4 Å². The zero-order chi connectivity index (χ0) is 15.6. The van der Waals surface area contributed by atoms with Gasteiger partial charge in [0, 0.05) is 36.2 Å². The Kier molecular flexibility index (Phi) is 4.33. The van der Waals surface area contributed by atoms with Crippen LogP contribution < -0.4 is 10.1 Å². The highest BCUT2D eigenvalue weighted by molar-refractivity contribution is 7.09. The number of likely N-dealkylation sites (tertiary alicyclic amines) is 1. The molecule has 2 aromatic rings. The first kappa shape index (κ1) is 15.1. The predicted molar refractivity (Wildman–Crippen MR) is 92.8 cm³/mol. The largest absolute Gasteiger partial charge is 0.497 e. The number of rotatable bonds is 6. The summed E-state index contributed by atoms with van der Waals surface area (Å²) >= 11 is 1.72. The zero-order valence-corrected chi connectivity index (χ0v) is 14.3. The molecule has 23 heavy (non-hydrogen) atoms. The highest BCUT2D eigenvalue weighted by atomic mass is 32.1. The van der Waals surface area contributed by atoms with Crippen LogP contribution in [0.3, 0.4) is 0 Å². The average Bonchev–Trinajstić information content (AvgIpc) is 3.13. The molecule has 0 radical (unpaired) electrons. The summed E-state index contributed by atoms with van der Waals surface area (Å²) < 4.78 is 5.43. The number of hydrogen-bond acceptors (Lipinski definition) is 5. The van der Waals surface area contributed by atoms with E-state index in [2.05, 4.69) is 33.4 Å². The summed E-state index contributed by atoms with van der Waals surface area (Å²) in [7, 11) is 1.74. The smallest absolute Gasteiger partial charge is 0.119 e. The van der Waals surface area contributed by atoms with Crippen LogP contribution in [-0.4, -0.2) is 35.6 Å². The SMILES string of the molecule is COc1cccc([C@H]2[C@H](NCc3cncs3)CCN2C2CC2)c1. The molecule has 2 heterocycles. The fourth-order valence-electron chi connectivity index (χ4n) is 3.66. The molecule has 1 aliphatic carbocycles. The average molecular weight is 329 g/mol.